The highest BCUT2D eigenvalue weighted by molar-refractivity contribution is 5.89. The molecule has 0 radical (unpaired) electrons. The lowest BCUT2D eigenvalue weighted by molar-refractivity contribution is 0.0476. The first-order chi connectivity index (χ1) is 7.31. The average Bonchev–Trinajstić information content (AvgIpc) is 3.06. The van der Waals surface area contributed by atoms with E-state index in [-0.39, 0.29) is 31.4 Å². The highest BCUT2D eigenvalue weighted by Crippen LogP contribution is 2.21. The number of rotatable bonds is 4. The quantitative estimate of drug-likeness (QED) is 0.581. The number of ether oxygens (including phenoxy) is 2. The second kappa shape index (κ2) is 4.42. The van der Waals surface area contributed by atoms with Gasteiger partial charge < -0.3 is 14.6 Å². The van der Waals surface area contributed by atoms with Crippen molar-refractivity contribution in [1.82, 2.24) is 0 Å². The maximum absolute atomic E-state index is 11.4. The van der Waals surface area contributed by atoms with Gasteiger partial charge in [0, 0.05) is 0 Å². The van der Waals surface area contributed by atoms with E-state index in [1.165, 1.54) is 0 Å². The molecule has 2 rings (SSSR count). The Morgan fingerprint density at radius 2 is 2.07 bits per heavy atom. The minimum atomic E-state index is -0.359. The zero-order valence-corrected chi connectivity index (χ0v) is 8.13. The molecule has 1 aliphatic heterocycles. The van der Waals surface area contributed by atoms with Crippen molar-refractivity contribution in [2.45, 2.75) is 12.2 Å². The summed E-state index contributed by atoms with van der Waals surface area (Å²) < 4.78 is 10.0. The number of aliphatic hydroxyl groups is 1. The predicted molar refractivity (Wildman–Crippen MR) is 52.5 cm³/mol. The SMILES string of the molecule is O=C(OCC1OC1CO)c1ccccc1. The van der Waals surface area contributed by atoms with Crippen molar-refractivity contribution in [3.05, 3.63) is 35.9 Å². The zero-order chi connectivity index (χ0) is 10.7. The Morgan fingerprint density at radius 3 is 2.67 bits per heavy atom. The van der Waals surface area contributed by atoms with E-state index in [0.717, 1.165) is 0 Å². The molecule has 2 unspecified atom stereocenters. The Labute approximate surface area is 87.4 Å². The van der Waals surface area contributed by atoms with Crippen molar-refractivity contribution in [3.63, 3.8) is 0 Å². The molecule has 4 heteroatoms. The van der Waals surface area contributed by atoms with Crippen LogP contribution < -0.4 is 0 Å². The summed E-state index contributed by atoms with van der Waals surface area (Å²) in [5.74, 6) is -0.359. The Morgan fingerprint density at radius 1 is 1.33 bits per heavy atom. The van der Waals surface area contributed by atoms with Gasteiger partial charge in [-0.05, 0) is 12.1 Å². The van der Waals surface area contributed by atoms with E-state index in [4.69, 9.17) is 14.6 Å². The molecule has 0 amide bonds. The maximum atomic E-state index is 11.4. The van der Waals surface area contributed by atoms with Gasteiger partial charge >= 0.3 is 5.97 Å². The highest BCUT2D eigenvalue weighted by atomic mass is 16.6. The first-order valence-corrected chi connectivity index (χ1v) is 4.80. The summed E-state index contributed by atoms with van der Waals surface area (Å²) >= 11 is 0. The summed E-state index contributed by atoms with van der Waals surface area (Å²) in [6, 6.07) is 8.78. The van der Waals surface area contributed by atoms with E-state index in [9.17, 15) is 4.79 Å². The smallest absolute Gasteiger partial charge is 0.338 e. The Balaban J connectivity index is 1.79. The van der Waals surface area contributed by atoms with Crippen LogP contribution >= 0.6 is 0 Å². The van der Waals surface area contributed by atoms with Crippen LogP contribution in [-0.2, 0) is 9.47 Å². The van der Waals surface area contributed by atoms with E-state index in [0.29, 0.717) is 5.56 Å². The lowest BCUT2D eigenvalue weighted by atomic mass is 10.2. The number of hydrogen-bond acceptors (Lipinski definition) is 4. The number of epoxide rings is 1. The van der Waals surface area contributed by atoms with Crippen LogP contribution in [0, 0.1) is 0 Å². The van der Waals surface area contributed by atoms with Crippen molar-refractivity contribution in [2.75, 3.05) is 13.2 Å². The highest BCUT2D eigenvalue weighted by Gasteiger charge is 2.39. The van der Waals surface area contributed by atoms with Crippen LogP contribution in [0.3, 0.4) is 0 Å². The summed E-state index contributed by atoms with van der Waals surface area (Å²) in [4.78, 5) is 11.4. The molecule has 0 spiro atoms. The molecule has 80 valence electrons. The summed E-state index contributed by atoms with van der Waals surface area (Å²) in [7, 11) is 0. The van der Waals surface area contributed by atoms with Gasteiger partial charge in [0.25, 0.3) is 0 Å². The topological polar surface area (TPSA) is 59.1 Å². The predicted octanol–water partition coefficient (Wildman–Crippen LogP) is 0.603. The minimum absolute atomic E-state index is 0.0203. The molecule has 1 heterocycles. The fourth-order valence-corrected chi connectivity index (χ4v) is 1.30. The first-order valence-electron chi connectivity index (χ1n) is 4.80. The lowest BCUT2D eigenvalue weighted by Crippen LogP contribution is -2.12. The van der Waals surface area contributed by atoms with Crippen molar-refractivity contribution < 1.29 is 19.4 Å². The van der Waals surface area contributed by atoms with Gasteiger partial charge in [0.1, 0.15) is 18.8 Å². The van der Waals surface area contributed by atoms with E-state index < -0.39 is 0 Å². The zero-order valence-electron chi connectivity index (χ0n) is 8.13. The number of aliphatic hydroxyl groups excluding tert-OH is 1. The number of benzene rings is 1. The lowest BCUT2D eigenvalue weighted by Gasteiger charge is -2.01. The molecule has 1 aliphatic rings. The average molecular weight is 208 g/mol. The molecular weight excluding hydrogens is 196 g/mol. The van der Waals surface area contributed by atoms with Gasteiger partial charge in [-0.2, -0.15) is 0 Å². The van der Waals surface area contributed by atoms with Crippen LogP contribution in [0.15, 0.2) is 30.3 Å². The van der Waals surface area contributed by atoms with Gasteiger partial charge in [-0.3, -0.25) is 0 Å². The summed E-state index contributed by atoms with van der Waals surface area (Å²) in [6.45, 7) is 0.187. The van der Waals surface area contributed by atoms with Crippen molar-refractivity contribution in [1.29, 1.82) is 0 Å². The van der Waals surface area contributed by atoms with Crippen LogP contribution in [0.25, 0.3) is 0 Å². The molecule has 1 aromatic rings. The third kappa shape index (κ3) is 2.55. The van der Waals surface area contributed by atoms with E-state index in [1.807, 2.05) is 6.07 Å². The van der Waals surface area contributed by atoms with Crippen molar-refractivity contribution in [3.8, 4) is 0 Å². The summed E-state index contributed by atoms with van der Waals surface area (Å²) in [6.07, 6.45) is -0.295. The largest absolute Gasteiger partial charge is 0.459 e. The van der Waals surface area contributed by atoms with Gasteiger partial charge in [-0.15, -0.1) is 0 Å². The van der Waals surface area contributed by atoms with E-state index in [1.54, 1.807) is 24.3 Å². The molecule has 0 saturated carbocycles. The molecular formula is C11H12O4. The second-order valence-electron chi connectivity index (χ2n) is 3.36. The third-order valence-electron chi connectivity index (χ3n) is 2.26. The number of hydrogen-bond donors (Lipinski definition) is 1. The fraction of sp³-hybridized carbons (Fsp3) is 0.364. The Bertz CT molecular complexity index is 336. The molecule has 0 aromatic heterocycles. The Kier molecular flexibility index (Phi) is 2.99. The van der Waals surface area contributed by atoms with Crippen LogP contribution in [0.4, 0.5) is 0 Å². The van der Waals surface area contributed by atoms with Crippen molar-refractivity contribution in [2.24, 2.45) is 0 Å². The standard InChI is InChI=1S/C11H12O4/c12-6-9-10(15-9)7-14-11(13)8-4-2-1-3-5-8/h1-5,9-10,12H,6-7H2. The van der Waals surface area contributed by atoms with E-state index >= 15 is 0 Å². The molecule has 1 N–H and O–H groups in total. The Hall–Kier alpha value is -1.39. The number of carbonyl (C=O) groups excluding carboxylic acids is 1. The summed E-state index contributed by atoms with van der Waals surface area (Å²) in [5.41, 5.74) is 0.527. The molecule has 0 aliphatic carbocycles. The second-order valence-corrected chi connectivity index (χ2v) is 3.36. The van der Waals surface area contributed by atoms with Gasteiger partial charge in [0.15, 0.2) is 0 Å². The van der Waals surface area contributed by atoms with Gasteiger partial charge in [-0.1, -0.05) is 18.2 Å². The third-order valence-corrected chi connectivity index (χ3v) is 2.26. The maximum Gasteiger partial charge on any atom is 0.338 e. The summed E-state index contributed by atoms with van der Waals surface area (Å²) in [5, 5.41) is 8.69. The fourth-order valence-electron chi connectivity index (χ4n) is 1.30. The molecule has 2 atom stereocenters. The van der Waals surface area contributed by atoms with E-state index in [2.05, 4.69) is 0 Å². The first kappa shape index (κ1) is 10.1. The number of esters is 1. The van der Waals surface area contributed by atoms with Crippen LogP contribution in [0.1, 0.15) is 10.4 Å². The van der Waals surface area contributed by atoms with Gasteiger partial charge in [0.05, 0.1) is 12.2 Å². The van der Waals surface area contributed by atoms with Crippen molar-refractivity contribution >= 4 is 5.97 Å². The monoisotopic (exact) mass is 208 g/mol. The molecule has 0 bridgehead atoms. The molecule has 4 nitrogen and oxygen atoms in total. The van der Waals surface area contributed by atoms with Crippen LogP contribution in [0.2, 0.25) is 0 Å². The number of carbonyl (C=O) groups is 1. The van der Waals surface area contributed by atoms with Crippen LogP contribution in [0.5, 0.6) is 0 Å². The molecule has 1 aromatic carbocycles. The van der Waals surface area contributed by atoms with Gasteiger partial charge in [0.2, 0.25) is 0 Å². The molecule has 1 fully saturated rings. The normalized spacial score (nSPS) is 23.5. The molecule has 1 saturated heterocycles. The minimum Gasteiger partial charge on any atom is -0.459 e. The van der Waals surface area contributed by atoms with Crippen LogP contribution in [-0.4, -0.2) is 36.5 Å². The molecule has 15 heavy (non-hydrogen) atoms. The van der Waals surface area contributed by atoms with Gasteiger partial charge in [-0.25, -0.2) is 4.79 Å².